The lowest BCUT2D eigenvalue weighted by Crippen LogP contribution is -2.50. The van der Waals surface area contributed by atoms with E-state index in [0.29, 0.717) is 25.4 Å². The molecule has 0 bridgehead atoms. The van der Waals surface area contributed by atoms with Gasteiger partial charge in [-0.05, 0) is 37.0 Å². The first-order chi connectivity index (χ1) is 13.9. The van der Waals surface area contributed by atoms with Crippen LogP contribution in [-0.2, 0) is 16.0 Å². The number of carbonyl (C=O) groups is 2. The molecule has 2 aromatic rings. The van der Waals surface area contributed by atoms with Crippen LogP contribution in [0.1, 0.15) is 26.3 Å². The Morgan fingerprint density at radius 3 is 2.34 bits per heavy atom. The van der Waals surface area contributed by atoms with Crippen molar-refractivity contribution in [3.05, 3.63) is 66.0 Å². The summed E-state index contributed by atoms with van der Waals surface area (Å²) in [6.07, 6.45) is 0.605. The number of rotatable bonds is 10. The molecule has 2 rings (SSSR count). The predicted octanol–water partition coefficient (Wildman–Crippen LogP) is 3.44. The molecule has 5 nitrogen and oxygen atoms in total. The fourth-order valence-corrected chi connectivity index (χ4v) is 2.81. The zero-order chi connectivity index (χ0) is 21.2. The van der Waals surface area contributed by atoms with Gasteiger partial charge in [0.1, 0.15) is 6.04 Å². The number of ether oxygens (including phenoxy) is 1. The smallest absolute Gasteiger partial charge is 0.261 e. The van der Waals surface area contributed by atoms with Crippen molar-refractivity contribution >= 4 is 11.8 Å². The third-order valence-electron chi connectivity index (χ3n) is 4.52. The summed E-state index contributed by atoms with van der Waals surface area (Å²) in [5, 5.41) is 2.86. The van der Waals surface area contributed by atoms with Crippen molar-refractivity contribution in [3.63, 3.8) is 0 Å². The van der Waals surface area contributed by atoms with E-state index in [2.05, 4.69) is 5.32 Å². The lowest BCUT2D eigenvalue weighted by Gasteiger charge is -2.29. The fourth-order valence-electron chi connectivity index (χ4n) is 2.81. The van der Waals surface area contributed by atoms with E-state index in [1.165, 1.54) is 17.0 Å². The molecule has 0 saturated carbocycles. The van der Waals surface area contributed by atoms with E-state index in [1.54, 1.807) is 19.1 Å². The topological polar surface area (TPSA) is 58.6 Å². The molecule has 0 spiro atoms. The third kappa shape index (κ3) is 7.22. The van der Waals surface area contributed by atoms with E-state index in [0.717, 1.165) is 5.56 Å². The summed E-state index contributed by atoms with van der Waals surface area (Å²) in [4.78, 5) is 26.8. The molecule has 0 fully saturated rings. The number of para-hydroxylation sites is 1. The zero-order valence-electron chi connectivity index (χ0n) is 17.2. The predicted molar refractivity (Wildman–Crippen MR) is 111 cm³/mol. The molecule has 156 valence electrons. The van der Waals surface area contributed by atoms with Gasteiger partial charge in [0.25, 0.3) is 5.91 Å². The summed E-state index contributed by atoms with van der Waals surface area (Å²) in [6.45, 7) is 6.27. The number of halogens is 1. The van der Waals surface area contributed by atoms with E-state index in [1.807, 2.05) is 44.2 Å². The van der Waals surface area contributed by atoms with Crippen molar-refractivity contribution in [2.75, 3.05) is 19.7 Å². The first-order valence-electron chi connectivity index (χ1n) is 9.87. The first-order valence-corrected chi connectivity index (χ1v) is 9.87. The highest BCUT2D eigenvalue weighted by Gasteiger charge is 2.26. The molecule has 0 aromatic heterocycles. The molecule has 6 heteroatoms. The Kier molecular flexibility index (Phi) is 8.65. The normalized spacial score (nSPS) is 11.8. The minimum absolute atomic E-state index is 0.0146. The molecule has 2 amide bonds. The van der Waals surface area contributed by atoms with Crippen LogP contribution in [0, 0.1) is 11.7 Å². The van der Waals surface area contributed by atoms with Gasteiger partial charge in [-0.25, -0.2) is 4.39 Å². The summed E-state index contributed by atoms with van der Waals surface area (Å²) in [5.41, 5.74) is 1.06. The highest BCUT2D eigenvalue weighted by atomic mass is 19.1. The Labute approximate surface area is 171 Å². The van der Waals surface area contributed by atoms with Crippen LogP contribution in [0.3, 0.4) is 0 Å². The average molecular weight is 400 g/mol. The quantitative estimate of drug-likeness (QED) is 0.665. The second-order valence-electron chi connectivity index (χ2n) is 7.36. The number of carbonyl (C=O) groups excluding carboxylic acids is 2. The Morgan fingerprint density at radius 2 is 1.69 bits per heavy atom. The minimum atomic E-state index is -0.658. The van der Waals surface area contributed by atoms with Crippen molar-refractivity contribution in [1.82, 2.24) is 10.2 Å². The van der Waals surface area contributed by atoms with Gasteiger partial charge in [-0.2, -0.15) is 0 Å². The molecule has 1 N–H and O–H groups in total. The molecule has 0 heterocycles. The van der Waals surface area contributed by atoms with Gasteiger partial charge in [-0.15, -0.1) is 0 Å². The van der Waals surface area contributed by atoms with E-state index in [9.17, 15) is 14.0 Å². The van der Waals surface area contributed by atoms with E-state index < -0.39 is 11.9 Å². The van der Waals surface area contributed by atoms with Crippen LogP contribution in [0.15, 0.2) is 54.6 Å². The summed E-state index contributed by atoms with van der Waals surface area (Å²) < 4.78 is 19.1. The summed E-state index contributed by atoms with van der Waals surface area (Å²) >= 11 is 0. The number of nitrogens with one attached hydrogen (secondary N) is 1. The number of benzene rings is 2. The lowest BCUT2D eigenvalue weighted by atomic mass is 10.1. The zero-order valence-corrected chi connectivity index (χ0v) is 17.2. The van der Waals surface area contributed by atoms with Gasteiger partial charge < -0.3 is 15.0 Å². The van der Waals surface area contributed by atoms with E-state index >= 15 is 0 Å². The number of nitrogens with zero attached hydrogens (tertiary/aromatic N) is 1. The Balaban J connectivity index is 2.06. The van der Waals surface area contributed by atoms with Gasteiger partial charge in [0.15, 0.2) is 18.2 Å². The second-order valence-corrected chi connectivity index (χ2v) is 7.36. The molecule has 0 aliphatic carbocycles. The van der Waals surface area contributed by atoms with Crippen molar-refractivity contribution in [2.45, 2.75) is 33.2 Å². The van der Waals surface area contributed by atoms with Crippen LogP contribution in [-0.4, -0.2) is 42.5 Å². The maximum atomic E-state index is 13.8. The standard InChI is InChI=1S/C23H29FN2O3/c1-17(2)15-25-23(28)18(3)26(14-13-19-9-5-4-6-10-19)22(27)16-29-21-12-8-7-11-20(21)24/h4-12,17-18H,13-16H2,1-3H3,(H,25,28). The van der Waals surface area contributed by atoms with Crippen molar-refractivity contribution in [1.29, 1.82) is 0 Å². The minimum Gasteiger partial charge on any atom is -0.481 e. The van der Waals surface area contributed by atoms with Crippen LogP contribution < -0.4 is 10.1 Å². The van der Waals surface area contributed by atoms with Crippen molar-refractivity contribution in [2.24, 2.45) is 5.92 Å². The number of hydrogen-bond donors (Lipinski definition) is 1. The number of hydrogen-bond acceptors (Lipinski definition) is 3. The SMILES string of the molecule is CC(C)CNC(=O)C(C)N(CCc1ccccc1)C(=O)COc1ccccc1F. The molecule has 2 aromatic carbocycles. The highest BCUT2D eigenvalue weighted by molar-refractivity contribution is 5.88. The average Bonchev–Trinajstić information content (AvgIpc) is 2.72. The van der Waals surface area contributed by atoms with Crippen LogP contribution in [0.4, 0.5) is 4.39 Å². The monoisotopic (exact) mass is 400 g/mol. The number of amides is 2. The van der Waals surface area contributed by atoms with Gasteiger partial charge in [0, 0.05) is 13.1 Å². The van der Waals surface area contributed by atoms with E-state index in [4.69, 9.17) is 4.74 Å². The third-order valence-corrected chi connectivity index (χ3v) is 4.52. The lowest BCUT2D eigenvalue weighted by molar-refractivity contribution is -0.141. The van der Waals surface area contributed by atoms with Gasteiger partial charge >= 0.3 is 0 Å². The van der Waals surface area contributed by atoms with Crippen molar-refractivity contribution in [3.8, 4) is 5.75 Å². The van der Waals surface area contributed by atoms with Crippen LogP contribution in [0.5, 0.6) is 5.75 Å². The van der Waals surface area contributed by atoms with Gasteiger partial charge in [0.2, 0.25) is 5.91 Å². The van der Waals surface area contributed by atoms with E-state index in [-0.39, 0.29) is 24.2 Å². The molecular weight excluding hydrogens is 371 g/mol. The van der Waals surface area contributed by atoms with Crippen molar-refractivity contribution < 1.29 is 18.7 Å². The fraction of sp³-hybridized carbons (Fsp3) is 0.391. The summed E-state index contributed by atoms with van der Waals surface area (Å²) in [6, 6.07) is 15.0. The highest BCUT2D eigenvalue weighted by Crippen LogP contribution is 2.16. The molecule has 0 radical (unpaired) electrons. The van der Waals surface area contributed by atoms with Gasteiger partial charge in [-0.3, -0.25) is 9.59 Å². The molecule has 1 unspecified atom stereocenters. The molecule has 29 heavy (non-hydrogen) atoms. The van der Waals surface area contributed by atoms with Gasteiger partial charge in [0.05, 0.1) is 0 Å². The maximum absolute atomic E-state index is 13.8. The molecule has 0 aliphatic rings. The first kappa shape index (κ1) is 22.4. The molecule has 0 aliphatic heterocycles. The summed E-state index contributed by atoms with van der Waals surface area (Å²) in [7, 11) is 0. The Bertz CT molecular complexity index is 796. The second kappa shape index (κ2) is 11.2. The summed E-state index contributed by atoms with van der Waals surface area (Å²) in [5.74, 6) is -0.786. The Hall–Kier alpha value is -2.89. The molecule has 0 saturated heterocycles. The largest absolute Gasteiger partial charge is 0.481 e. The molecule has 1 atom stereocenters. The Morgan fingerprint density at radius 1 is 1.03 bits per heavy atom. The maximum Gasteiger partial charge on any atom is 0.261 e. The van der Waals surface area contributed by atoms with Crippen LogP contribution in [0.2, 0.25) is 0 Å². The molecular formula is C23H29FN2O3. The van der Waals surface area contributed by atoms with Crippen LogP contribution >= 0.6 is 0 Å². The van der Waals surface area contributed by atoms with Crippen LogP contribution in [0.25, 0.3) is 0 Å². The van der Waals surface area contributed by atoms with Gasteiger partial charge in [-0.1, -0.05) is 56.3 Å².